The molecule has 0 aliphatic carbocycles. The number of carbonyl (C=O) groups excluding carboxylic acids is 1. The van der Waals surface area contributed by atoms with Gasteiger partial charge in [-0.1, -0.05) is 12.1 Å². The molecule has 2 rings (SSSR count). The van der Waals surface area contributed by atoms with Gasteiger partial charge in [-0.15, -0.1) is 0 Å². The predicted octanol–water partition coefficient (Wildman–Crippen LogP) is 3.82. The summed E-state index contributed by atoms with van der Waals surface area (Å²) < 4.78 is 5.43. The predicted molar refractivity (Wildman–Crippen MR) is 80.8 cm³/mol. The van der Waals surface area contributed by atoms with Gasteiger partial charge in [0, 0.05) is 17.5 Å². The molecule has 21 heavy (non-hydrogen) atoms. The zero-order chi connectivity index (χ0) is 15.6. The number of rotatable bonds is 2. The van der Waals surface area contributed by atoms with Crippen LogP contribution in [0.1, 0.15) is 42.4 Å². The summed E-state index contributed by atoms with van der Waals surface area (Å²) in [5.41, 5.74) is 3.14. The minimum atomic E-state index is -0.538. The lowest BCUT2D eigenvalue weighted by Crippen LogP contribution is -2.24. The van der Waals surface area contributed by atoms with E-state index in [0.29, 0.717) is 11.1 Å². The van der Waals surface area contributed by atoms with Gasteiger partial charge in [0.1, 0.15) is 5.60 Å². The van der Waals surface area contributed by atoms with Gasteiger partial charge in [-0.05, 0) is 45.4 Å². The van der Waals surface area contributed by atoms with Gasteiger partial charge in [-0.25, -0.2) is 4.79 Å². The molecule has 1 aromatic heterocycles. The maximum Gasteiger partial charge on any atom is 0.340 e. The fourth-order valence-corrected chi connectivity index (χ4v) is 2.10. The van der Waals surface area contributed by atoms with Crippen LogP contribution in [0.15, 0.2) is 30.5 Å². The van der Waals surface area contributed by atoms with Crippen LogP contribution in [-0.2, 0) is 4.74 Å². The number of H-pyrrole nitrogens is 1. The van der Waals surface area contributed by atoms with Gasteiger partial charge in [0.15, 0.2) is 0 Å². The molecule has 108 valence electrons. The quantitative estimate of drug-likeness (QED) is 0.851. The van der Waals surface area contributed by atoms with Crippen LogP contribution in [0, 0.1) is 18.3 Å². The van der Waals surface area contributed by atoms with E-state index < -0.39 is 5.60 Å². The monoisotopic (exact) mass is 282 g/mol. The van der Waals surface area contributed by atoms with E-state index in [1.165, 1.54) is 0 Å². The normalized spacial score (nSPS) is 11.0. The van der Waals surface area contributed by atoms with Crippen molar-refractivity contribution in [2.45, 2.75) is 33.3 Å². The number of hydrogen-bond acceptors (Lipinski definition) is 3. The summed E-state index contributed by atoms with van der Waals surface area (Å²) in [7, 11) is 0. The molecule has 0 aliphatic heterocycles. The van der Waals surface area contributed by atoms with Gasteiger partial charge in [-0.3, -0.25) is 0 Å². The lowest BCUT2D eigenvalue weighted by molar-refractivity contribution is 0.00706. The van der Waals surface area contributed by atoms with E-state index in [-0.39, 0.29) is 5.97 Å². The van der Waals surface area contributed by atoms with Crippen LogP contribution in [0.25, 0.3) is 11.1 Å². The lowest BCUT2D eigenvalue weighted by atomic mass is 10.0. The van der Waals surface area contributed by atoms with Crippen molar-refractivity contribution in [2.75, 3.05) is 0 Å². The Hall–Kier alpha value is -2.54. The van der Waals surface area contributed by atoms with Crippen LogP contribution in [-0.4, -0.2) is 16.6 Å². The summed E-state index contributed by atoms with van der Waals surface area (Å²) in [6.45, 7) is 7.42. The van der Waals surface area contributed by atoms with Gasteiger partial charge < -0.3 is 9.72 Å². The summed E-state index contributed by atoms with van der Waals surface area (Å²) >= 11 is 0. The zero-order valence-electron chi connectivity index (χ0n) is 12.7. The first-order valence-electron chi connectivity index (χ1n) is 6.73. The minimum Gasteiger partial charge on any atom is -0.456 e. The molecule has 0 saturated carbocycles. The topological polar surface area (TPSA) is 65.9 Å². The van der Waals surface area contributed by atoms with Crippen LogP contribution in [0.5, 0.6) is 0 Å². The molecule has 1 heterocycles. The Balaban J connectivity index is 2.42. The van der Waals surface area contributed by atoms with Crippen molar-refractivity contribution in [1.29, 1.82) is 5.26 Å². The molecule has 0 unspecified atom stereocenters. The average molecular weight is 282 g/mol. The fourth-order valence-electron chi connectivity index (χ4n) is 2.10. The second-order valence-electron chi connectivity index (χ2n) is 5.89. The molecule has 0 spiro atoms. The number of nitrogens with one attached hydrogen (secondary N) is 1. The van der Waals surface area contributed by atoms with Crippen molar-refractivity contribution < 1.29 is 9.53 Å². The highest BCUT2D eigenvalue weighted by atomic mass is 16.6. The van der Waals surface area contributed by atoms with Crippen molar-refractivity contribution in [2.24, 2.45) is 0 Å². The van der Waals surface area contributed by atoms with Gasteiger partial charge >= 0.3 is 5.97 Å². The second kappa shape index (κ2) is 5.45. The Kier molecular flexibility index (Phi) is 3.86. The van der Waals surface area contributed by atoms with Gasteiger partial charge in [0.2, 0.25) is 0 Å². The molecular weight excluding hydrogens is 264 g/mol. The Morgan fingerprint density at radius 3 is 2.38 bits per heavy atom. The average Bonchev–Trinajstić information content (AvgIpc) is 2.79. The Morgan fingerprint density at radius 1 is 1.24 bits per heavy atom. The molecule has 0 aliphatic rings. The molecule has 1 N–H and O–H groups in total. The highest BCUT2D eigenvalue weighted by molar-refractivity contribution is 5.98. The number of ether oxygens (including phenoxy) is 1. The minimum absolute atomic E-state index is 0.355. The summed E-state index contributed by atoms with van der Waals surface area (Å²) in [6.07, 6.45) is 1.66. The maximum atomic E-state index is 12.3. The van der Waals surface area contributed by atoms with E-state index in [1.807, 2.05) is 39.8 Å². The van der Waals surface area contributed by atoms with E-state index in [9.17, 15) is 4.79 Å². The van der Waals surface area contributed by atoms with Crippen LogP contribution < -0.4 is 0 Å². The Bertz CT molecular complexity index is 698. The zero-order valence-corrected chi connectivity index (χ0v) is 12.7. The first kappa shape index (κ1) is 14.9. The standard InChI is InChI=1S/C17H18N2O2/c1-11-15(13-7-5-12(9-18)6-8-13)14(10-19-11)16(20)21-17(2,3)4/h5-8,10,19H,1-4H3. The Morgan fingerprint density at radius 2 is 1.86 bits per heavy atom. The van der Waals surface area contributed by atoms with E-state index in [2.05, 4.69) is 11.1 Å². The summed E-state index contributed by atoms with van der Waals surface area (Å²) in [4.78, 5) is 15.4. The maximum absolute atomic E-state index is 12.3. The molecule has 1 aromatic carbocycles. The molecular formula is C17H18N2O2. The Labute approximate surface area is 124 Å². The number of benzene rings is 1. The molecule has 0 atom stereocenters. The summed E-state index contributed by atoms with van der Waals surface area (Å²) in [6, 6.07) is 9.23. The van der Waals surface area contributed by atoms with Crippen molar-refractivity contribution in [3.05, 3.63) is 47.3 Å². The molecule has 4 nitrogen and oxygen atoms in total. The number of nitriles is 1. The molecule has 0 amide bonds. The molecule has 4 heteroatoms. The number of carbonyl (C=O) groups is 1. The number of hydrogen-bond donors (Lipinski definition) is 1. The SMILES string of the molecule is Cc1[nH]cc(C(=O)OC(C)(C)C)c1-c1ccc(C#N)cc1. The fraction of sp³-hybridized carbons (Fsp3) is 0.294. The third-order valence-corrected chi connectivity index (χ3v) is 3.00. The van der Waals surface area contributed by atoms with Gasteiger partial charge in [0.25, 0.3) is 0 Å². The van der Waals surface area contributed by atoms with E-state index >= 15 is 0 Å². The van der Waals surface area contributed by atoms with Crippen LogP contribution in [0.3, 0.4) is 0 Å². The largest absolute Gasteiger partial charge is 0.456 e. The molecule has 0 radical (unpaired) electrons. The highest BCUT2D eigenvalue weighted by Crippen LogP contribution is 2.29. The molecule has 0 fully saturated rings. The second-order valence-corrected chi connectivity index (χ2v) is 5.89. The van der Waals surface area contributed by atoms with Crippen molar-refractivity contribution in [1.82, 2.24) is 4.98 Å². The van der Waals surface area contributed by atoms with Crippen molar-refractivity contribution in [3.63, 3.8) is 0 Å². The van der Waals surface area contributed by atoms with Crippen molar-refractivity contribution >= 4 is 5.97 Å². The smallest absolute Gasteiger partial charge is 0.340 e. The van der Waals surface area contributed by atoms with Gasteiger partial charge in [0.05, 0.1) is 17.2 Å². The first-order valence-corrected chi connectivity index (χ1v) is 6.73. The number of aromatic amines is 1. The lowest BCUT2D eigenvalue weighted by Gasteiger charge is -2.19. The number of nitrogens with zero attached hydrogens (tertiary/aromatic N) is 1. The number of aromatic nitrogens is 1. The van der Waals surface area contributed by atoms with Crippen LogP contribution in [0.4, 0.5) is 0 Å². The summed E-state index contributed by atoms with van der Waals surface area (Å²) in [5.74, 6) is -0.355. The van der Waals surface area contributed by atoms with E-state index in [4.69, 9.17) is 10.00 Å². The first-order chi connectivity index (χ1) is 9.81. The molecule has 0 saturated heterocycles. The van der Waals surface area contributed by atoms with E-state index in [0.717, 1.165) is 16.8 Å². The third kappa shape index (κ3) is 3.32. The highest BCUT2D eigenvalue weighted by Gasteiger charge is 2.23. The van der Waals surface area contributed by atoms with Crippen LogP contribution >= 0.6 is 0 Å². The molecule has 0 bridgehead atoms. The van der Waals surface area contributed by atoms with Crippen molar-refractivity contribution in [3.8, 4) is 17.2 Å². The van der Waals surface area contributed by atoms with E-state index in [1.54, 1.807) is 18.3 Å². The van der Waals surface area contributed by atoms with Crippen LogP contribution in [0.2, 0.25) is 0 Å². The summed E-state index contributed by atoms with van der Waals surface area (Å²) in [5, 5.41) is 8.85. The number of aryl methyl sites for hydroxylation is 1. The van der Waals surface area contributed by atoms with Gasteiger partial charge in [-0.2, -0.15) is 5.26 Å². The number of esters is 1. The third-order valence-electron chi connectivity index (χ3n) is 3.00. The molecule has 2 aromatic rings.